The van der Waals surface area contributed by atoms with E-state index in [9.17, 15) is 4.79 Å². The Kier molecular flexibility index (Phi) is 7.02. The highest BCUT2D eigenvalue weighted by molar-refractivity contribution is 5.82. The summed E-state index contributed by atoms with van der Waals surface area (Å²) in [7, 11) is 0. The lowest BCUT2D eigenvalue weighted by Gasteiger charge is -2.33. The number of hydrogen-bond acceptors (Lipinski definition) is 6. The van der Waals surface area contributed by atoms with E-state index >= 15 is 0 Å². The lowest BCUT2D eigenvalue weighted by Crippen LogP contribution is -2.50. The number of amides is 1. The highest BCUT2D eigenvalue weighted by Gasteiger charge is 2.40. The zero-order chi connectivity index (χ0) is 21.8. The molecule has 2 aliphatic rings. The quantitative estimate of drug-likeness (QED) is 0.420. The van der Waals surface area contributed by atoms with Gasteiger partial charge in [-0.3, -0.25) is 4.79 Å². The van der Waals surface area contributed by atoms with Gasteiger partial charge in [0.15, 0.2) is 0 Å². The van der Waals surface area contributed by atoms with Gasteiger partial charge in [-0.15, -0.1) is 0 Å². The molecule has 1 aromatic heterocycles. The molecule has 0 unspecified atom stereocenters. The van der Waals surface area contributed by atoms with Crippen molar-refractivity contribution in [1.29, 1.82) is 0 Å². The zero-order valence-electron chi connectivity index (χ0n) is 18.4. The Balaban J connectivity index is 1.63. The third-order valence-electron chi connectivity index (χ3n) is 6.11. The fourth-order valence-electron chi connectivity index (χ4n) is 4.25. The number of carbonyl (C=O) groups excluding carboxylic acids is 1. The van der Waals surface area contributed by atoms with Gasteiger partial charge < -0.3 is 24.7 Å². The van der Waals surface area contributed by atoms with Crippen LogP contribution in [0.25, 0.3) is 11.4 Å². The molecular formula is C23H33N5O3. The minimum atomic E-state index is -0.426. The fourth-order valence-corrected chi connectivity index (χ4v) is 4.25. The molecule has 8 nitrogen and oxygen atoms in total. The maximum atomic E-state index is 13.3. The van der Waals surface area contributed by atoms with Crippen molar-refractivity contribution in [3.8, 4) is 11.4 Å². The fraction of sp³-hybridized carbons (Fsp3) is 0.565. The monoisotopic (exact) mass is 427 g/mol. The second kappa shape index (κ2) is 9.91. The third-order valence-corrected chi connectivity index (χ3v) is 6.11. The molecule has 1 saturated heterocycles. The Bertz CT molecular complexity index is 889. The largest absolute Gasteiger partial charge is 0.366 e. The number of nitrogens with one attached hydrogen (secondary N) is 2. The lowest BCUT2D eigenvalue weighted by molar-refractivity contribution is -0.148. The number of morpholine rings is 1. The van der Waals surface area contributed by atoms with Crippen LogP contribution in [-0.4, -0.2) is 64.0 Å². The Morgan fingerprint density at radius 3 is 2.90 bits per heavy atom. The van der Waals surface area contributed by atoms with Crippen molar-refractivity contribution in [2.24, 2.45) is 0 Å². The molecule has 2 aromatic rings. The van der Waals surface area contributed by atoms with Crippen LogP contribution in [0.2, 0.25) is 0 Å². The average Bonchev–Trinajstić information content (AvgIpc) is 3.53. The molecular weight excluding hydrogens is 394 g/mol. The number of rotatable bonds is 9. The first kappa shape index (κ1) is 22.0. The summed E-state index contributed by atoms with van der Waals surface area (Å²) in [6.07, 6.45) is 4.47. The summed E-state index contributed by atoms with van der Waals surface area (Å²) in [5.74, 6) is 0.954. The molecule has 1 aromatic carbocycles. The molecule has 8 heteroatoms. The van der Waals surface area contributed by atoms with Crippen LogP contribution in [-0.2, 0) is 16.1 Å². The zero-order valence-corrected chi connectivity index (χ0v) is 18.4. The number of aryl methyl sites for hydroxylation is 2. The Morgan fingerprint density at radius 2 is 2.23 bits per heavy atom. The van der Waals surface area contributed by atoms with Gasteiger partial charge in [0, 0.05) is 44.0 Å². The van der Waals surface area contributed by atoms with E-state index in [-0.39, 0.29) is 18.0 Å². The summed E-state index contributed by atoms with van der Waals surface area (Å²) in [5.41, 5.74) is 5.36. The molecule has 168 valence electrons. The first-order valence-electron chi connectivity index (χ1n) is 11.2. The van der Waals surface area contributed by atoms with E-state index in [0.717, 1.165) is 55.0 Å². The van der Waals surface area contributed by atoms with Crippen LogP contribution < -0.4 is 10.8 Å². The maximum Gasteiger partial charge on any atom is 0.253 e. The second-order valence-corrected chi connectivity index (χ2v) is 8.48. The molecule has 31 heavy (non-hydrogen) atoms. The molecule has 1 saturated carbocycles. The molecule has 3 N–H and O–H groups in total. The number of carbonyl (C=O) groups is 1. The van der Waals surface area contributed by atoms with Crippen LogP contribution in [0.15, 0.2) is 30.5 Å². The first-order valence-corrected chi connectivity index (χ1v) is 11.2. The minimum absolute atomic E-state index is 0.0543. The van der Waals surface area contributed by atoms with E-state index in [1.807, 2.05) is 17.0 Å². The summed E-state index contributed by atoms with van der Waals surface area (Å²) < 4.78 is 7.89. The summed E-state index contributed by atoms with van der Waals surface area (Å²) in [5, 5.41) is 12.2. The van der Waals surface area contributed by atoms with Gasteiger partial charge in [0.05, 0.1) is 18.3 Å². The highest BCUT2D eigenvalue weighted by atomic mass is 16.5. The molecule has 0 spiro atoms. The third kappa shape index (κ3) is 4.98. The van der Waals surface area contributed by atoms with Crippen LogP contribution in [0, 0.1) is 6.92 Å². The summed E-state index contributed by atoms with van der Waals surface area (Å²) in [4.78, 5) is 20.3. The van der Waals surface area contributed by atoms with Gasteiger partial charge in [0.1, 0.15) is 11.9 Å². The Labute approximate surface area is 183 Å². The number of hydroxylamine groups is 1. The molecule has 0 bridgehead atoms. The van der Waals surface area contributed by atoms with E-state index in [0.29, 0.717) is 19.7 Å². The smallest absolute Gasteiger partial charge is 0.253 e. The van der Waals surface area contributed by atoms with E-state index < -0.39 is 6.10 Å². The van der Waals surface area contributed by atoms with E-state index in [1.165, 1.54) is 0 Å². The SMILES string of the molecule is Cc1ccccc1-c1nc([C@@H](C)N(C(=O)[C@H]2CNCCO2)C2CC2)cn1CCCNO. The molecule has 1 aliphatic carbocycles. The lowest BCUT2D eigenvalue weighted by atomic mass is 10.1. The van der Waals surface area contributed by atoms with Crippen LogP contribution in [0.5, 0.6) is 0 Å². The standard InChI is InChI=1S/C23H33N5O3/c1-16-6-3-4-7-19(16)22-26-20(15-27(22)12-5-10-25-30)17(2)28(18-8-9-18)23(29)21-14-24-11-13-31-21/h3-4,6-7,15,17-18,21,24-25,30H,5,8-14H2,1-2H3/t17-,21-/m1/s1. The van der Waals surface area contributed by atoms with Gasteiger partial charge >= 0.3 is 0 Å². The van der Waals surface area contributed by atoms with E-state index in [1.54, 1.807) is 0 Å². The van der Waals surface area contributed by atoms with Crippen molar-refractivity contribution in [3.63, 3.8) is 0 Å². The Hall–Kier alpha value is -2.26. The number of nitrogens with zero attached hydrogens (tertiary/aromatic N) is 3. The minimum Gasteiger partial charge on any atom is -0.366 e. The first-order chi connectivity index (χ1) is 15.1. The molecule has 4 rings (SSSR count). The van der Waals surface area contributed by atoms with Crippen molar-refractivity contribution in [3.05, 3.63) is 41.7 Å². The predicted molar refractivity (Wildman–Crippen MR) is 118 cm³/mol. The number of imidazole rings is 1. The molecule has 2 heterocycles. The summed E-state index contributed by atoms with van der Waals surface area (Å²) >= 11 is 0. The van der Waals surface area contributed by atoms with Crippen molar-refractivity contribution >= 4 is 5.91 Å². The maximum absolute atomic E-state index is 13.3. The predicted octanol–water partition coefficient (Wildman–Crippen LogP) is 2.27. The van der Waals surface area contributed by atoms with E-state index in [4.69, 9.17) is 14.9 Å². The van der Waals surface area contributed by atoms with Crippen molar-refractivity contribution in [2.45, 2.75) is 57.8 Å². The van der Waals surface area contributed by atoms with Gasteiger partial charge in [-0.25, -0.2) is 10.5 Å². The highest BCUT2D eigenvalue weighted by Crippen LogP contribution is 2.36. The molecule has 1 amide bonds. The van der Waals surface area contributed by atoms with Crippen LogP contribution in [0.3, 0.4) is 0 Å². The molecule has 1 aliphatic heterocycles. The van der Waals surface area contributed by atoms with Crippen molar-refractivity contribution < 1.29 is 14.7 Å². The van der Waals surface area contributed by atoms with Gasteiger partial charge in [-0.2, -0.15) is 0 Å². The number of ether oxygens (including phenoxy) is 1. The number of aromatic nitrogens is 2. The average molecular weight is 428 g/mol. The van der Waals surface area contributed by atoms with Gasteiger partial charge in [0.2, 0.25) is 0 Å². The van der Waals surface area contributed by atoms with Crippen molar-refractivity contribution in [1.82, 2.24) is 25.2 Å². The summed E-state index contributed by atoms with van der Waals surface area (Å²) in [6, 6.07) is 8.34. The number of hydrogen-bond donors (Lipinski definition) is 3. The van der Waals surface area contributed by atoms with Crippen LogP contribution >= 0.6 is 0 Å². The normalized spacial score (nSPS) is 19.9. The molecule has 2 fully saturated rings. The molecule has 2 atom stereocenters. The van der Waals surface area contributed by atoms with Gasteiger partial charge in [-0.1, -0.05) is 24.3 Å². The summed E-state index contributed by atoms with van der Waals surface area (Å²) in [6.45, 7) is 7.30. The van der Waals surface area contributed by atoms with Crippen molar-refractivity contribution in [2.75, 3.05) is 26.2 Å². The topological polar surface area (TPSA) is 91.7 Å². The Morgan fingerprint density at radius 1 is 1.42 bits per heavy atom. The number of benzene rings is 1. The van der Waals surface area contributed by atoms with Gasteiger partial charge in [0.25, 0.3) is 5.91 Å². The van der Waals surface area contributed by atoms with Crippen LogP contribution in [0.1, 0.15) is 43.5 Å². The van der Waals surface area contributed by atoms with Crippen LogP contribution in [0.4, 0.5) is 0 Å². The molecule has 0 radical (unpaired) electrons. The van der Waals surface area contributed by atoms with E-state index in [2.05, 4.69) is 47.5 Å². The second-order valence-electron chi connectivity index (χ2n) is 8.48. The van der Waals surface area contributed by atoms with Gasteiger partial charge in [-0.05, 0) is 38.7 Å².